The van der Waals surface area contributed by atoms with E-state index in [1.165, 1.54) is 5.56 Å². The zero-order valence-corrected chi connectivity index (χ0v) is 12.7. The fourth-order valence-electron chi connectivity index (χ4n) is 2.20. The molecule has 1 aliphatic carbocycles. The Morgan fingerprint density at radius 3 is 2.85 bits per heavy atom. The number of hydrogen-bond donors (Lipinski definition) is 1. The van der Waals surface area contributed by atoms with Crippen LogP contribution >= 0.6 is 11.6 Å². The molecule has 1 aromatic carbocycles. The fraction of sp³-hybridized carbons (Fsp3) is 0.353. The van der Waals surface area contributed by atoms with Crippen LogP contribution in [0.15, 0.2) is 42.0 Å². The zero-order valence-electron chi connectivity index (χ0n) is 11.9. The van der Waals surface area contributed by atoms with Gasteiger partial charge in [0.15, 0.2) is 0 Å². The van der Waals surface area contributed by atoms with Crippen LogP contribution in [0.25, 0.3) is 5.03 Å². The number of carbonyl (C=O) groups excluding carboxylic acids is 1. The molecule has 106 valence electrons. The Kier molecular flexibility index (Phi) is 5.02. The van der Waals surface area contributed by atoms with Crippen molar-refractivity contribution >= 4 is 22.5 Å². The second-order valence-corrected chi connectivity index (χ2v) is 5.85. The lowest BCUT2D eigenvalue weighted by Gasteiger charge is -2.17. The lowest BCUT2D eigenvalue weighted by molar-refractivity contribution is -0.116. The lowest BCUT2D eigenvalue weighted by atomic mass is 9.92. The van der Waals surface area contributed by atoms with Gasteiger partial charge in [-0.1, -0.05) is 55.8 Å². The quantitative estimate of drug-likeness (QED) is 0.837. The summed E-state index contributed by atoms with van der Waals surface area (Å²) in [4.78, 5) is 11.7. The number of allylic oxidation sites excluding steroid dienone is 2. The van der Waals surface area contributed by atoms with Gasteiger partial charge in [-0.2, -0.15) is 0 Å². The smallest absolute Gasteiger partial charge is 0.243 e. The van der Waals surface area contributed by atoms with Gasteiger partial charge in [0.2, 0.25) is 5.91 Å². The predicted octanol–water partition coefficient (Wildman–Crippen LogP) is 3.91. The normalized spacial score (nSPS) is 14.8. The van der Waals surface area contributed by atoms with E-state index in [1.807, 2.05) is 24.3 Å². The Morgan fingerprint density at radius 1 is 1.35 bits per heavy atom. The molecule has 0 aromatic heterocycles. The molecule has 0 spiro atoms. The molecule has 0 aliphatic heterocycles. The summed E-state index contributed by atoms with van der Waals surface area (Å²) in [5.74, 6) is 0.395. The minimum atomic E-state index is -0.0606. The molecule has 0 saturated heterocycles. The summed E-state index contributed by atoms with van der Waals surface area (Å²) >= 11 is 6.42. The van der Waals surface area contributed by atoms with Crippen molar-refractivity contribution in [1.29, 1.82) is 0 Å². The van der Waals surface area contributed by atoms with E-state index in [0.29, 0.717) is 12.5 Å². The summed E-state index contributed by atoms with van der Waals surface area (Å²) in [5.41, 5.74) is 3.40. The van der Waals surface area contributed by atoms with E-state index in [9.17, 15) is 4.79 Å². The summed E-state index contributed by atoms with van der Waals surface area (Å²) < 4.78 is 0. The lowest BCUT2D eigenvalue weighted by Crippen LogP contribution is -2.25. The van der Waals surface area contributed by atoms with Gasteiger partial charge >= 0.3 is 0 Å². The molecule has 1 aromatic rings. The summed E-state index contributed by atoms with van der Waals surface area (Å²) in [5, 5.41) is 3.63. The molecule has 0 unspecified atom stereocenters. The number of carbonyl (C=O) groups is 1. The number of aryl methyl sites for hydroxylation is 1. The summed E-state index contributed by atoms with van der Waals surface area (Å²) in [6.07, 6.45) is 5.27. The first-order valence-corrected chi connectivity index (χ1v) is 7.38. The van der Waals surface area contributed by atoms with Gasteiger partial charge in [0.25, 0.3) is 0 Å². The maximum atomic E-state index is 11.7. The van der Waals surface area contributed by atoms with Gasteiger partial charge < -0.3 is 5.32 Å². The highest BCUT2D eigenvalue weighted by Gasteiger charge is 2.15. The van der Waals surface area contributed by atoms with Crippen LogP contribution in [-0.2, 0) is 11.2 Å². The molecule has 1 aliphatic rings. The van der Waals surface area contributed by atoms with Crippen molar-refractivity contribution < 1.29 is 4.79 Å². The fourth-order valence-corrected chi connectivity index (χ4v) is 2.54. The van der Waals surface area contributed by atoms with Gasteiger partial charge in [-0.3, -0.25) is 4.79 Å². The summed E-state index contributed by atoms with van der Waals surface area (Å²) in [6.45, 7) is 4.84. The molecule has 1 N–H and O–H groups in total. The highest BCUT2D eigenvalue weighted by atomic mass is 35.5. The number of nitrogens with one attached hydrogen (secondary N) is 1. The number of rotatable bonds is 4. The maximum Gasteiger partial charge on any atom is 0.243 e. The first-order valence-electron chi connectivity index (χ1n) is 7.00. The Bertz CT molecular complexity index is 558. The topological polar surface area (TPSA) is 29.1 Å². The van der Waals surface area contributed by atoms with Gasteiger partial charge in [-0.05, 0) is 35.5 Å². The molecule has 20 heavy (non-hydrogen) atoms. The molecule has 3 heteroatoms. The van der Waals surface area contributed by atoms with Gasteiger partial charge in [-0.25, -0.2) is 0 Å². The molecule has 0 fully saturated rings. The Balaban J connectivity index is 2.08. The summed E-state index contributed by atoms with van der Waals surface area (Å²) in [7, 11) is 0. The molecule has 0 bridgehead atoms. The Morgan fingerprint density at radius 2 is 2.10 bits per heavy atom. The zero-order chi connectivity index (χ0) is 14.5. The number of hydrogen-bond acceptors (Lipinski definition) is 1. The minimum Gasteiger partial charge on any atom is -0.352 e. The second-order valence-electron chi connectivity index (χ2n) is 5.47. The number of halogens is 1. The van der Waals surface area contributed by atoms with Crippen molar-refractivity contribution in [2.75, 3.05) is 6.54 Å². The average Bonchev–Trinajstić information content (AvgIpc) is 2.44. The van der Waals surface area contributed by atoms with E-state index in [4.69, 9.17) is 11.6 Å². The van der Waals surface area contributed by atoms with Crippen molar-refractivity contribution in [3.63, 3.8) is 0 Å². The molecule has 2 rings (SSSR count). The van der Waals surface area contributed by atoms with Crippen molar-refractivity contribution in [2.45, 2.75) is 26.7 Å². The van der Waals surface area contributed by atoms with E-state index in [0.717, 1.165) is 29.0 Å². The van der Waals surface area contributed by atoms with Crippen molar-refractivity contribution in [2.24, 2.45) is 5.92 Å². The van der Waals surface area contributed by atoms with Crippen molar-refractivity contribution in [3.05, 3.63) is 53.1 Å². The molecule has 0 saturated carbocycles. The SMILES string of the molecule is CC(C)CNC(=O)C=CC1=C(Cl)c2ccccc2CC1. The molecule has 0 heterocycles. The summed E-state index contributed by atoms with van der Waals surface area (Å²) in [6, 6.07) is 8.16. The highest BCUT2D eigenvalue weighted by Crippen LogP contribution is 2.34. The molecule has 0 radical (unpaired) electrons. The molecular weight excluding hydrogens is 270 g/mol. The average molecular weight is 290 g/mol. The van der Waals surface area contributed by atoms with Crippen LogP contribution in [0.5, 0.6) is 0 Å². The number of fused-ring (bicyclic) bond motifs is 1. The highest BCUT2D eigenvalue weighted by molar-refractivity contribution is 6.49. The van der Waals surface area contributed by atoms with Crippen LogP contribution in [0.1, 0.15) is 31.4 Å². The second kappa shape index (κ2) is 6.76. The van der Waals surface area contributed by atoms with Crippen molar-refractivity contribution in [1.82, 2.24) is 5.32 Å². The van der Waals surface area contributed by atoms with E-state index < -0.39 is 0 Å². The minimum absolute atomic E-state index is 0.0606. The predicted molar refractivity (Wildman–Crippen MR) is 84.5 cm³/mol. The number of benzene rings is 1. The van der Waals surface area contributed by atoms with Crippen molar-refractivity contribution in [3.8, 4) is 0 Å². The molecule has 1 amide bonds. The first kappa shape index (κ1) is 14.9. The van der Waals surface area contributed by atoms with Gasteiger partial charge in [0.1, 0.15) is 0 Å². The van der Waals surface area contributed by atoms with E-state index in [1.54, 1.807) is 6.08 Å². The van der Waals surface area contributed by atoms with Gasteiger partial charge in [-0.15, -0.1) is 0 Å². The largest absolute Gasteiger partial charge is 0.352 e. The maximum absolute atomic E-state index is 11.7. The van der Waals surface area contributed by atoms with E-state index in [2.05, 4.69) is 25.2 Å². The van der Waals surface area contributed by atoms with Crippen LogP contribution in [0, 0.1) is 5.92 Å². The van der Waals surface area contributed by atoms with E-state index >= 15 is 0 Å². The standard InChI is InChI=1S/C17H20ClNO/c1-12(2)11-19-16(20)10-9-14-8-7-13-5-3-4-6-15(13)17(14)18/h3-6,9-10,12H,7-8,11H2,1-2H3,(H,19,20). The third-order valence-electron chi connectivity index (χ3n) is 3.32. The number of amides is 1. The van der Waals surface area contributed by atoms with Crippen LogP contribution in [0.4, 0.5) is 0 Å². The Labute approximate surface area is 125 Å². The monoisotopic (exact) mass is 289 g/mol. The van der Waals surface area contributed by atoms with Crippen LogP contribution in [0.2, 0.25) is 0 Å². The molecular formula is C17H20ClNO. The Hall–Kier alpha value is -1.54. The van der Waals surface area contributed by atoms with Crippen LogP contribution in [-0.4, -0.2) is 12.5 Å². The first-order chi connectivity index (χ1) is 9.58. The van der Waals surface area contributed by atoms with Gasteiger partial charge in [0.05, 0.1) is 5.03 Å². The van der Waals surface area contributed by atoms with Crippen LogP contribution in [0.3, 0.4) is 0 Å². The van der Waals surface area contributed by atoms with Crippen LogP contribution < -0.4 is 5.32 Å². The molecule has 2 nitrogen and oxygen atoms in total. The van der Waals surface area contributed by atoms with Gasteiger partial charge in [0, 0.05) is 12.6 Å². The third kappa shape index (κ3) is 3.73. The van der Waals surface area contributed by atoms with E-state index in [-0.39, 0.29) is 5.91 Å². The molecule has 0 atom stereocenters. The third-order valence-corrected chi connectivity index (χ3v) is 3.77.